The van der Waals surface area contributed by atoms with Crippen LogP contribution >= 0.6 is 0 Å². The Labute approximate surface area is 65.0 Å². The minimum absolute atomic E-state index is 0.303. The topological polar surface area (TPSA) is 34.6 Å². The van der Waals surface area contributed by atoms with Gasteiger partial charge in [0.15, 0.2) is 0 Å². The molecule has 2 heterocycles. The quantitative estimate of drug-likeness (QED) is 0.601. The number of ether oxygens (including phenoxy) is 2. The summed E-state index contributed by atoms with van der Waals surface area (Å²) in [4.78, 5) is 4.00. The van der Waals surface area contributed by atoms with Gasteiger partial charge in [0.1, 0.15) is 12.7 Å². The number of nitrogens with zero attached hydrogens (tertiary/aromatic N) is 1. The average molecular weight is 151 g/mol. The van der Waals surface area contributed by atoms with Crippen molar-refractivity contribution in [3.05, 3.63) is 24.4 Å². The SMILES string of the molecule is c1ccc(OCC2CO2)nc1. The first-order valence-corrected chi connectivity index (χ1v) is 3.60. The van der Waals surface area contributed by atoms with Gasteiger partial charge in [-0.05, 0) is 6.07 Å². The molecule has 1 unspecified atom stereocenters. The predicted octanol–water partition coefficient (Wildman–Crippen LogP) is 0.859. The van der Waals surface area contributed by atoms with E-state index in [-0.39, 0.29) is 0 Å². The molecule has 0 saturated carbocycles. The van der Waals surface area contributed by atoms with Crippen molar-refractivity contribution in [2.24, 2.45) is 0 Å². The first-order chi connectivity index (χ1) is 5.45. The normalized spacial score (nSPS) is 21.3. The van der Waals surface area contributed by atoms with Gasteiger partial charge in [0.2, 0.25) is 5.88 Å². The molecule has 1 aromatic heterocycles. The zero-order valence-electron chi connectivity index (χ0n) is 6.06. The summed E-state index contributed by atoms with van der Waals surface area (Å²) in [6, 6.07) is 5.60. The van der Waals surface area contributed by atoms with Crippen molar-refractivity contribution in [2.45, 2.75) is 6.10 Å². The second-order valence-electron chi connectivity index (χ2n) is 2.43. The van der Waals surface area contributed by atoms with Crippen molar-refractivity contribution in [1.29, 1.82) is 0 Å². The third-order valence-electron chi connectivity index (χ3n) is 1.46. The smallest absolute Gasteiger partial charge is 0.213 e. The molecule has 1 aliphatic rings. The molecule has 0 radical (unpaired) electrons. The van der Waals surface area contributed by atoms with Crippen molar-refractivity contribution >= 4 is 0 Å². The highest BCUT2D eigenvalue weighted by molar-refractivity contribution is 5.09. The second kappa shape index (κ2) is 2.88. The Bertz CT molecular complexity index is 221. The fourth-order valence-corrected chi connectivity index (χ4v) is 0.775. The molecule has 3 nitrogen and oxygen atoms in total. The van der Waals surface area contributed by atoms with Gasteiger partial charge in [-0.2, -0.15) is 0 Å². The van der Waals surface area contributed by atoms with Crippen molar-refractivity contribution in [3.8, 4) is 5.88 Å². The maximum absolute atomic E-state index is 5.29. The van der Waals surface area contributed by atoms with Crippen LogP contribution in [0.3, 0.4) is 0 Å². The van der Waals surface area contributed by atoms with Gasteiger partial charge < -0.3 is 9.47 Å². The molecule has 0 bridgehead atoms. The van der Waals surface area contributed by atoms with Crippen LogP contribution in [-0.2, 0) is 4.74 Å². The average Bonchev–Trinajstić information content (AvgIpc) is 2.86. The van der Waals surface area contributed by atoms with Crippen LogP contribution in [0.1, 0.15) is 0 Å². The summed E-state index contributed by atoms with van der Waals surface area (Å²) in [6.07, 6.45) is 2.01. The predicted molar refractivity (Wildman–Crippen MR) is 39.5 cm³/mol. The molecule has 0 amide bonds. The Hall–Kier alpha value is -1.09. The maximum Gasteiger partial charge on any atom is 0.213 e. The zero-order valence-corrected chi connectivity index (χ0v) is 6.06. The highest BCUT2D eigenvalue weighted by atomic mass is 16.6. The lowest BCUT2D eigenvalue weighted by Crippen LogP contribution is -2.04. The summed E-state index contributed by atoms with van der Waals surface area (Å²) >= 11 is 0. The third kappa shape index (κ3) is 1.91. The molecule has 58 valence electrons. The lowest BCUT2D eigenvalue weighted by atomic mass is 10.5. The van der Waals surface area contributed by atoms with Gasteiger partial charge in [-0.15, -0.1) is 0 Å². The van der Waals surface area contributed by atoms with Crippen LogP contribution in [-0.4, -0.2) is 24.3 Å². The lowest BCUT2D eigenvalue weighted by Gasteiger charge is -2.00. The van der Waals surface area contributed by atoms with E-state index in [0.29, 0.717) is 18.6 Å². The summed E-state index contributed by atoms with van der Waals surface area (Å²) in [5, 5.41) is 0. The van der Waals surface area contributed by atoms with Crippen LogP contribution in [0.25, 0.3) is 0 Å². The molecule has 1 fully saturated rings. The molecule has 1 saturated heterocycles. The highest BCUT2D eigenvalue weighted by Crippen LogP contribution is 2.11. The van der Waals surface area contributed by atoms with Crippen molar-refractivity contribution in [1.82, 2.24) is 4.98 Å². The molecule has 2 rings (SSSR count). The summed E-state index contributed by atoms with van der Waals surface area (Å²) < 4.78 is 10.3. The van der Waals surface area contributed by atoms with Crippen LogP contribution < -0.4 is 4.74 Å². The summed E-state index contributed by atoms with van der Waals surface area (Å²) in [5.41, 5.74) is 0. The molecule has 1 aromatic rings. The number of hydrogen-bond acceptors (Lipinski definition) is 3. The molecule has 0 aliphatic carbocycles. The Morgan fingerprint density at radius 1 is 1.64 bits per heavy atom. The Kier molecular flexibility index (Phi) is 1.73. The first-order valence-electron chi connectivity index (χ1n) is 3.60. The minimum atomic E-state index is 0.303. The van der Waals surface area contributed by atoms with Crippen molar-refractivity contribution in [2.75, 3.05) is 13.2 Å². The number of hydrogen-bond donors (Lipinski definition) is 0. The number of aromatic nitrogens is 1. The third-order valence-corrected chi connectivity index (χ3v) is 1.46. The zero-order chi connectivity index (χ0) is 7.52. The summed E-state index contributed by atoms with van der Waals surface area (Å²) in [7, 11) is 0. The molecule has 1 aliphatic heterocycles. The van der Waals surface area contributed by atoms with Crippen LogP contribution in [0.5, 0.6) is 5.88 Å². The van der Waals surface area contributed by atoms with Crippen molar-refractivity contribution < 1.29 is 9.47 Å². The molecule has 0 aromatic carbocycles. The van der Waals surface area contributed by atoms with Gasteiger partial charge in [-0.1, -0.05) is 6.07 Å². The van der Waals surface area contributed by atoms with E-state index in [1.807, 2.05) is 18.2 Å². The summed E-state index contributed by atoms with van der Waals surface area (Å²) in [6.45, 7) is 1.45. The Balaban J connectivity index is 1.85. The van der Waals surface area contributed by atoms with E-state index in [9.17, 15) is 0 Å². The van der Waals surface area contributed by atoms with Gasteiger partial charge >= 0.3 is 0 Å². The van der Waals surface area contributed by atoms with E-state index >= 15 is 0 Å². The van der Waals surface area contributed by atoms with Crippen LogP contribution in [0.2, 0.25) is 0 Å². The van der Waals surface area contributed by atoms with Gasteiger partial charge in [0.05, 0.1) is 6.61 Å². The second-order valence-corrected chi connectivity index (χ2v) is 2.43. The molecular weight excluding hydrogens is 142 g/mol. The van der Waals surface area contributed by atoms with E-state index in [0.717, 1.165) is 6.61 Å². The molecule has 3 heteroatoms. The molecule has 1 atom stereocenters. The molecule has 0 N–H and O–H groups in total. The van der Waals surface area contributed by atoms with E-state index < -0.39 is 0 Å². The van der Waals surface area contributed by atoms with E-state index in [1.54, 1.807) is 6.20 Å². The van der Waals surface area contributed by atoms with Gasteiger partial charge in [-0.3, -0.25) is 0 Å². The lowest BCUT2D eigenvalue weighted by molar-refractivity contribution is 0.255. The Morgan fingerprint density at radius 3 is 3.18 bits per heavy atom. The molecule has 0 spiro atoms. The summed E-state index contributed by atoms with van der Waals surface area (Å²) in [5.74, 6) is 0.669. The van der Waals surface area contributed by atoms with Gasteiger partial charge in [0, 0.05) is 12.3 Å². The van der Waals surface area contributed by atoms with E-state index in [2.05, 4.69) is 4.98 Å². The van der Waals surface area contributed by atoms with E-state index in [4.69, 9.17) is 9.47 Å². The minimum Gasteiger partial charge on any atom is -0.475 e. The van der Waals surface area contributed by atoms with Crippen LogP contribution in [0.4, 0.5) is 0 Å². The van der Waals surface area contributed by atoms with Gasteiger partial charge in [-0.25, -0.2) is 4.98 Å². The molecule has 11 heavy (non-hydrogen) atoms. The molecular formula is C8H9NO2. The fourth-order valence-electron chi connectivity index (χ4n) is 0.775. The monoisotopic (exact) mass is 151 g/mol. The maximum atomic E-state index is 5.29. The number of pyridine rings is 1. The standard InChI is InChI=1S/C8H9NO2/c1-2-4-9-8(3-1)11-6-7-5-10-7/h1-4,7H,5-6H2. The Morgan fingerprint density at radius 2 is 2.55 bits per heavy atom. The van der Waals surface area contributed by atoms with Crippen LogP contribution in [0.15, 0.2) is 24.4 Å². The fraction of sp³-hybridized carbons (Fsp3) is 0.375. The number of rotatable bonds is 3. The first kappa shape index (κ1) is 6.61. The van der Waals surface area contributed by atoms with E-state index in [1.165, 1.54) is 0 Å². The number of epoxide rings is 1. The van der Waals surface area contributed by atoms with Crippen molar-refractivity contribution in [3.63, 3.8) is 0 Å². The van der Waals surface area contributed by atoms with Crippen LogP contribution in [0, 0.1) is 0 Å². The highest BCUT2D eigenvalue weighted by Gasteiger charge is 2.23. The largest absolute Gasteiger partial charge is 0.475 e. The van der Waals surface area contributed by atoms with Gasteiger partial charge in [0.25, 0.3) is 0 Å².